The number of para-hydroxylation sites is 1. The van der Waals surface area contributed by atoms with Gasteiger partial charge in [0.05, 0.1) is 19.9 Å². The van der Waals surface area contributed by atoms with Crippen molar-refractivity contribution in [1.29, 1.82) is 0 Å². The molecule has 6 nitrogen and oxygen atoms in total. The maximum atomic E-state index is 11.7. The van der Waals surface area contributed by atoms with Crippen LogP contribution in [-0.4, -0.2) is 30.9 Å². The van der Waals surface area contributed by atoms with Crippen molar-refractivity contribution in [3.05, 3.63) is 53.6 Å². The van der Waals surface area contributed by atoms with Gasteiger partial charge in [-0.05, 0) is 42.3 Å². The number of hydrogen-bond acceptors (Lipinski definition) is 5. The van der Waals surface area contributed by atoms with Crippen molar-refractivity contribution in [2.75, 3.05) is 19.0 Å². The number of ether oxygens (including phenoxy) is 1. The van der Waals surface area contributed by atoms with Gasteiger partial charge in [-0.15, -0.1) is 0 Å². The summed E-state index contributed by atoms with van der Waals surface area (Å²) in [5.41, 5.74) is 5.05. The Kier molecular flexibility index (Phi) is 5.57. The predicted molar refractivity (Wildman–Crippen MR) is 90.1 cm³/mol. The van der Waals surface area contributed by atoms with Gasteiger partial charge in [-0.2, -0.15) is 5.10 Å². The van der Waals surface area contributed by atoms with Gasteiger partial charge in [0, 0.05) is 5.69 Å². The lowest BCUT2D eigenvalue weighted by molar-refractivity contribution is -0.119. The van der Waals surface area contributed by atoms with Gasteiger partial charge in [-0.1, -0.05) is 18.2 Å². The fourth-order valence-corrected chi connectivity index (χ4v) is 1.95. The minimum Gasteiger partial charge on any atom is -0.504 e. The van der Waals surface area contributed by atoms with E-state index in [1.165, 1.54) is 19.4 Å². The Bertz CT molecular complexity index is 714. The van der Waals surface area contributed by atoms with E-state index < -0.39 is 0 Å². The molecule has 0 aliphatic heterocycles. The van der Waals surface area contributed by atoms with Gasteiger partial charge < -0.3 is 15.2 Å². The topological polar surface area (TPSA) is 83.0 Å². The van der Waals surface area contributed by atoms with Crippen LogP contribution >= 0.6 is 0 Å². The van der Waals surface area contributed by atoms with Gasteiger partial charge in [0.1, 0.15) is 0 Å². The van der Waals surface area contributed by atoms with Crippen molar-refractivity contribution >= 4 is 17.8 Å². The molecule has 1 amide bonds. The van der Waals surface area contributed by atoms with Gasteiger partial charge in [-0.25, -0.2) is 5.43 Å². The molecule has 0 unspecified atom stereocenters. The van der Waals surface area contributed by atoms with Crippen LogP contribution in [0, 0.1) is 6.92 Å². The van der Waals surface area contributed by atoms with Crippen LogP contribution in [0.3, 0.4) is 0 Å². The molecule has 0 aromatic heterocycles. The van der Waals surface area contributed by atoms with E-state index in [2.05, 4.69) is 15.8 Å². The lowest BCUT2D eigenvalue weighted by Gasteiger charge is -2.07. The number of aromatic hydroxyl groups is 1. The summed E-state index contributed by atoms with van der Waals surface area (Å²) < 4.78 is 4.95. The highest BCUT2D eigenvalue weighted by molar-refractivity contribution is 5.84. The summed E-state index contributed by atoms with van der Waals surface area (Å²) in [7, 11) is 1.48. The largest absolute Gasteiger partial charge is 0.504 e. The van der Waals surface area contributed by atoms with E-state index in [1.807, 2.05) is 31.2 Å². The third-order valence-corrected chi connectivity index (χ3v) is 3.19. The molecule has 3 N–H and O–H groups in total. The van der Waals surface area contributed by atoms with Crippen LogP contribution in [0.2, 0.25) is 0 Å². The fraction of sp³-hybridized carbons (Fsp3) is 0.176. The van der Waals surface area contributed by atoms with Gasteiger partial charge in [0.15, 0.2) is 11.5 Å². The number of hydrazone groups is 1. The van der Waals surface area contributed by atoms with Crippen molar-refractivity contribution in [2.24, 2.45) is 5.10 Å². The molecule has 0 saturated carbocycles. The number of methoxy groups -OCH3 is 1. The summed E-state index contributed by atoms with van der Waals surface area (Å²) in [6, 6.07) is 12.6. The number of nitrogens with one attached hydrogen (secondary N) is 2. The Morgan fingerprint density at radius 1 is 1.30 bits per heavy atom. The zero-order valence-corrected chi connectivity index (χ0v) is 13.0. The molecular weight excluding hydrogens is 294 g/mol. The number of nitrogens with zero attached hydrogens (tertiary/aromatic N) is 1. The van der Waals surface area contributed by atoms with Crippen LogP contribution in [0.5, 0.6) is 11.5 Å². The summed E-state index contributed by atoms with van der Waals surface area (Å²) in [6.07, 6.45) is 1.45. The number of carbonyl (C=O) groups excluding carboxylic acids is 1. The molecular formula is C17H19N3O3. The molecule has 120 valence electrons. The molecule has 23 heavy (non-hydrogen) atoms. The minimum absolute atomic E-state index is 0.0176. The quantitative estimate of drug-likeness (QED) is 0.564. The van der Waals surface area contributed by atoms with Crippen molar-refractivity contribution in [3.63, 3.8) is 0 Å². The Morgan fingerprint density at radius 2 is 2.09 bits per heavy atom. The molecule has 0 aliphatic carbocycles. The molecule has 2 aromatic carbocycles. The summed E-state index contributed by atoms with van der Waals surface area (Å²) >= 11 is 0. The number of carbonyl (C=O) groups is 1. The second-order valence-electron chi connectivity index (χ2n) is 4.89. The maximum absolute atomic E-state index is 11.7. The molecule has 0 aliphatic rings. The molecule has 0 bridgehead atoms. The number of amides is 1. The van der Waals surface area contributed by atoms with E-state index in [1.54, 1.807) is 12.1 Å². The second kappa shape index (κ2) is 7.84. The van der Waals surface area contributed by atoms with E-state index in [-0.39, 0.29) is 18.2 Å². The number of anilines is 1. The van der Waals surface area contributed by atoms with Gasteiger partial charge in [-0.3, -0.25) is 4.79 Å². The van der Waals surface area contributed by atoms with E-state index in [4.69, 9.17) is 4.74 Å². The molecule has 6 heteroatoms. The molecule has 0 fully saturated rings. The highest BCUT2D eigenvalue weighted by Crippen LogP contribution is 2.25. The Morgan fingerprint density at radius 3 is 2.78 bits per heavy atom. The highest BCUT2D eigenvalue weighted by Gasteiger charge is 2.02. The maximum Gasteiger partial charge on any atom is 0.259 e. The summed E-state index contributed by atoms with van der Waals surface area (Å²) in [5, 5.41) is 16.6. The highest BCUT2D eigenvalue weighted by atomic mass is 16.5. The SMILES string of the molecule is COc1ccc(C=NNC(=O)CNc2ccccc2C)cc1O. The van der Waals surface area contributed by atoms with Gasteiger partial charge >= 0.3 is 0 Å². The molecule has 0 atom stereocenters. The van der Waals surface area contributed by atoms with E-state index in [0.717, 1.165) is 11.3 Å². The summed E-state index contributed by atoms with van der Waals surface area (Å²) in [5.74, 6) is 0.139. The summed E-state index contributed by atoms with van der Waals surface area (Å²) in [6.45, 7) is 2.09. The van der Waals surface area contributed by atoms with Crippen LogP contribution in [0.1, 0.15) is 11.1 Å². The number of phenols is 1. The monoisotopic (exact) mass is 313 g/mol. The first-order valence-electron chi connectivity index (χ1n) is 7.08. The van der Waals surface area contributed by atoms with Crippen LogP contribution in [0.15, 0.2) is 47.6 Å². The van der Waals surface area contributed by atoms with Crippen LogP contribution in [0.4, 0.5) is 5.69 Å². The number of aryl methyl sites for hydroxylation is 1. The van der Waals surface area contributed by atoms with E-state index in [9.17, 15) is 9.90 Å². The molecule has 0 saturated heterocycles. The lowest BCUT2D eigenvalue weighted by atomic mass is 10.2. The fourth-order valence-electron chi connectivity index (χ4n) is 1.95. The Labute approximate surface area is 134 Å². The lowest BCUT2D eigenvalue weighted by Crippen LogP contribution is -2.26. The first-order valence-corrected chi connectivity index (χ1v) is 7.08. The molecule has 0 spiro atoms. The number of benzene rings is 2. The van der Waals surface area contributed by atoms with Crippen LogP contribution in [0.25, 0.3) is 0 Å². The average Bonchev–Trinajstić information content (AvgIpc) is 2.54. The standard InChI is InChI=1S/C17H19N3O3/c1-12-5-3-4-6-14(12)18-11-17(22)20-19-10-13-7-8-16(23-2)15(21)9-13/h3-10,18,21H,11H2,1-2H3,(H,20,22). The Hall–Kier alpha value is -3.02. The zero-order valence-electron chi connectivity index (χ0n) is 13.0. The van der Waals surface area contributed by atoms with Crippen molar-refractivity contribution in [3.8, 4) is 11.5 Å². The minimum atomic E-state index is -0.262. The van der Waals surface area contributed by atoms with Crippen molar-refractivity contribution in [2.45, 2.75) is 6.92 Å². The first-order chi connectivity index (χ1) is 11.1. The third kappa shape index (κ3) is 4.74. The van der Waals surface area contributed by atoms with Crippen molar-refractivity contribution in [1.82, 2.24) is 5.43 Å². The van der Waals surface area contributed by atoms with Crippen molar-refractivity contribution < 1.29 is 14.6 Å². The van der Waals surface area contributed by atoms with E-state index in [0.29, 0.717) is 11.3 Å². The third-order valence-electron chi connectivity index (χ3n) is 3.19. The summed E-state index contributed by atoms with van der Waals surface area (Å²) in [4.78, 5) is 11.7. The predicted octanol–water partition coefficient (Wildman–Crippen LogP) is 2.27. The molecule has 2 rings (SSSR count). The second-order valence-corrected chi connectivity index (χ2v) is 4.89. The average molecular weight is 313 g/mol. The zero-order chi connectivity index (χ0) is 16.7. The van der Waals surface area contributed by atoms with Gasteiger partial charge in [0.2, 0.25) is 0 Å². The van der Waals surface area contributed by atoms with Gasteiger partial charge in [0.25, 0.3) is 5.91 Å². The van der Waals surface area contributed by atoms with Crippen LogP contribution in [-0.2, 0) is 4.79 Å². The number of rotatable bonds is 6. The molecule has 0 heterocycles. The van der Waals surface area contributed by atoms with Crippen LogP contribution < -0.4 is 15.5 Å². The number of hydrogen-bond donors (Lipinski definition) is 3. The number of phenolic OH excluding ortho intramolecular Hbond substituents is 1. The van der Waals surface area contributed by atoms with E-state index >= 15 is 0 Å². The Balaban J connectivity index is 1.84. The molecule has 2 aromatic rings. The molecule has 0 radical (unpaired) electrons. The first kappa shape index (κ1) is 16.4. The smallest absolute Gasteiger partial charge is 0.259 e. The normalized spacial score (nSPS) is 10.5.